The molecule has 0 saturated heterocycles. The minimum atomic E-state index is -0.323. The summed E-state index contributed by atoms with van der Waals surface area (Å²) in [6, 6.07) is 22.1. The van der Waals surface area contributed by atoms with Crippen molar-refractivity contribution in [1.29, 1.82) is 0 Å². The highest BCUT2D eigenvalue weighted by Gasteiger charge is 2.15. The van der Waals surface area contributed by atoms with E-state index in [0.29, 0.717) is 12.2 Å². The quantitative estimate of drug-likeness (QED) is 0.184. The summed E-state index contributed by atoms with van der Waals surface area (Å²) in [5, 5.41) is 0.933. The van der Waals surface area contributed by atoms with Gasteiger partial charge >= 0.3 is 5.97 Å². The summed E-state index contributed by atoms with van der Waals surface area (Å²) in [6.07, 6.45) is 0.862. The lowest BCUT2D eigenvalue weighted by molar-refractivity contribution is 0.0526. The van der Waals surface area contributed by atoms with E-state index >= 15 is 0 Å². The van der Waals surface area contributed by atoms with Gasteiger partial charge in [-0.1, -0.05) is 52.0 Å². The molecule has 0 atom stereocenters. The smallest absolute Gasteiger partial charge is 0.338 e. The van der Waals surface area contributed by atoms with Crippen molar-refractivity contribution in [2.75, 3.05) is 13.7 Å². The van der Waals surface area contributed by atoms with Crippen molar-refractivity contribution in [2.45, 2.75) is 30.8 Å². The van der Waals surface area contributed by atoms with E-state index in [9.17, 15) is 4.79 Å². The Morgan fingerprint density at radius 2 is 1.76 bits per heavy atom. The number of benzene rings is 3. The fourth-order valence-corrected chi connectivity index (χ4v) is 4.80. The number of ether oxygens (including phenoxy) is 2. The third kappa shape index (κ3) is 5.78. The van der Waals surface area contributed by atoms with Gasteiger partial charge in [0.15, 0.2) is 5.16 Å². The first kappa shape index (κ1) is 23.4. The molecule has 7 heteroatoms. The van der Waals surface area contributed by atoms with Gasteiger partial charge in [0.25, 0.3) is 0 Å². The van der Waals surface area contributed by atoms with Crippen molar-refractivity contribution in [3.63, 3.8) is 0 Å². The summed E-state index contributed by atoms with van der Waals surface area (Å²) in [4.78, 5) is 17.1. The molecule has 0 aliphatic carbocycles. The Labute approximate surface area is 206 Å². The lowest BCUT2D eigenvalue weighted by Gasteiger charge is -2.10. The number of imidazole rings is 1. The van der Waals surface area contributed by atoms with Gasteiger partial charge in [0.05, 0.1) is 30.3 Å². The van der Waals surface area contributed by atoms with Gasteiger partial charge in [-0.25, -0.2) is 9.78 Å². The highest BCUT2D eigenvalue weighted by Crippen LogP contribution is 2.29. The summed E-state index contributed by atoms with van der Waals surface area (Å²) in [5.41, 5.74) is 4.78. The molecular formula is C26H25BrN2O3S. The van der Waals surface area contributed by atoms with Crippen LogP contribution >= 0.6 is 27.7 Å². The van der Waals surface area contributed by atoms with Crippen molar-refractivity contribution < 1.29 is 14.3 Å². The number of aryl methyl sites for hydroxylation is 2. The number of halogens is 1. The predicted molar refractivity (Wildman–Crippen MR) is 136 cm³/mol. The maximum absolute atomic E-state index is 12.2. The van der Waals surface area contributed by atoms with Gasteiger partial charge in [-0.3, -0.25) is 0 Å². The minimum absolute atomic E-state index is 0.323. The van der Waals surface area contributed by atoms with Gasteiger partial charge in [0.2, 0.25) is 0 Å². The molecule has 170 valence electrons. The standard InChI is InChI=1S/C26H25BrN2O3S/c1-3-32-25(30)20-8-13-24-23(16-20)28-26(33-17-19-4-9-21(27)10-5-19)29(24)15-14-18-6-11-22(31-2)12-7-18/h4-13,16H,3,14-15,17H2,1-2H3. The van der Waals surface area contributed by atoms with Gasteiger partial charge < -0.3 is 14.0 Å². The normalized spacial score (nSPS) is 11.0. The van der Waals surface area contributed by atoms with Crippen LogP contribution in [0.15, 0.2) is 76.4 Å². The molecule has 4 rings (SSSR count). The maximum Gasteiger partial charge on any atom is 0.338 e. The second-order valence-electron chi connectivity index (χ2n) is 7.48. The second-order valence-corrected chi connectivity index (χ2v) is 9.34. The zero-order chi connectivity index (χ0) is 23.2. The van der Waals surface area contributed by atoms with E-state index in [1.807, 2.05) is 42.5 Å². The number of esters is 1. The van der Waals surface area contributed by atoms with Gasteiger partial charge in [-0.15, -0.1) is 0 Å². The number of thioether (sulfide) groups is 1. The Morgan fingerprint density at radius 1 is 1.03 bits per heavy atom. The molecule has 0 saturated carbocycles. The molecule has 3 aromatic carbocycles. The van der Waals surface area contributed by atoms with Crippen LogP contribution in [0, 0.1) is 0 Å². The van der Waals surface area contributed by atoms with E-state index in [1.165, 1.54) is 11.1 Å². The van der Waals surface area contributed by atoms with Crippen LogP contribution in [0.2, 0.25) is 0 Å². The lowest BCUT2D eigenvalue weighted by Crippen LogP contribution is -2.05. The van der Waals surface area contributed by atoms with Gasteiger partial charge in [-0.05, 0) is 66.9 Å². The number of methoxy groups -OCH3 is 1. The Bertz CT molecular complexity index is 1240. The molecule has 1 aromatic heterocycles. The average Bonchev–Trinajstić information content (AvgIpc) is 3.19. The summed E-state index contributed by atoms with van der Waals surface area (Å²) in [6.45, 7) is 2.94. The minimum Gasteiger partial charge on any atom is -0.497 e. The molecule has 1 heterocycles. The molecule has 4 aromatic rings. The third-order valence-corrected chi connectivity index (χ3v) is 6.86. The zero-order valence-electron chi connectivity index (χ0n) is 18.6. The van der Waals surface area contributed by atoms with Crippen LogP contribution < -0.4 is 4.74 Å². The molecule has 0 bridgehead atoms. The van der Waals surface area contributed by atoms with E-state index in [2.05, 4.69) is 44.8 Å². The number of hydrogen-bond donors (Lipinski definition) is 0. The highest BCUT2D eigenvalue weighted by atomic mass is 79.9. The molecule has 0 fully saturated rings. The van der Waals surface area contributed by atoms with Crippen LogP contribution in [0.25, 0.3) is 11.0 Å². The van der Waals surface area contributed by atoms with Crippen LogP contribution in [-0.4, -0.2) is 29.2 Å². The highest BCUT2D eigenvalue weighted by molar-refractivity contribution is 9.10. The van der Waals surface area contributed by atoms with Crippen molar-refractivity contribution in [1.82, 2.24) is 9.55 Å². The van der Waals surface area contributed by atoms with Gasteiger partial charge in [-0.2, -0.15) is 0 Å². The summed E-state index contributed by atoms with van der Waals surface area (Å²) >= 11 is 5.19. The monoisotopic (exact) mass is 524 g/mol. The fraction of sp³-hybridized carbons (Fsp3) is 0.231. The Kier molecular flexibility index (Phi) is 7.73. The first-order valence-corrected chi connectivity index (χ1v) is 12.5. The molecule has 0 unspecified atom stereocenters. The van der Waals surface area contributed by atoms with Crippen LogP contribution in [0.4, 0.5) is 0 Å². The van der Waals surface area contributed by atoms with Crippen LogP contribution in [-0.2, 0) is 23.5 Å². The maximum atomic E-state index is 12.2. The number of hydrogen-bond acceptors (Lipinski definition) is 5. The average molecular weight is 525 g/mol. The Morgan fingerprint density at radius 3 is 2.45 bits per heavy atom. The van der Waals surface area contributed by atoms with Crippen molar-refractivity contribution in [2.24, 2.45) is 0 Å². The van der Waals surface area contributed by atoms with Gasteiger partial charge in [0.1, 0.15) is 5.75 Å². The number of nitrogens with zero attached hydrogens (tertiary/aromatic N) is 2. The van der Waals surface area contributed by atoms with E-state index < -0.39 is 0 Å². The van der Waals surface area contributed by atoms with E-state index in [0.717, 1.165) is 45.1 Å². The van der Waals surface area contributed by atoms with Gasteiger partial charge in [0, 0.05) is 16.8 Å². The van der Waals surface area contributed by atoms with Crippen LogP contribution in [0.1, 0.15) is 28.4 Å². The molecule has 5 nitrogen and oxygen atoms in total. The Balaban J connectivity index is 1.61. The number of rotatable bonds is 9. The van der Waals surface area contributed by atoms with E-state index in [4.69, 9.17) is 14.5 Å². The summed E-state index contributed by atoms with van der Waals surface area (Å²) < 4.78 is 13.7. The lowest BCUT2D eigenvalue weighted by atomic mass is 10.1. The van der Waals surface area contributed by atoms with E-state index in [-0.39, 0.29) is 5.97 Å². The number of aromatic nitrogens is 2. The molecule has 0 radical (unpaired) electrons. The molecular weight excluding hydrogens is 500 g/mol. The number of carbonyl (C=O) groups excluding carboxylic acids is 1. The van der Waals surface area contributed by atoms with E-state index in [1.54, 1.807) is 25.8 Å². The first-order chi connectivity index (χ1) is 16.1. The van der Waals surface area contributed by atoms with Crippen LogP contribution in [0.3, 0.4) is 0 Å². The summed E-state index contributed by atoms with van der Waals surface area (Å²) in [7, 11) is 1.67. The topological polar surface area (TPSA) is 53.3 Å². The second kappa shape index (κ2) is 10.9. The molecule has 0 aliphatic heterocycles. The number of carbonyl (C=O) groups is 1. The molecule has 33 heavy (non-hydrogen) atoms. The molecule has 0 spiro atoms. The Hall–Kier alpha value is -2.77. The first-order valence-electron chi connectivity index (χ1n) is 10.7. The predicted octanol–water partition coefficient (Wildman–Crippen LogP) is 6.52. The SMILES string of the molecule is CCOC(=O)c1ccc2c(c1)nc(SCc1ccc(Br)cc1)n2CCc1ccc(OC)cc1. The van der Waals surface area contributed by atoms with Crippen LogP contribution in [0.5, 0.6) is 5.75 Å². The molecule has 0 N–H and O–H groups in total. The van der Waals surface area contributed by atoms with Crippen molar-refractivity contribution >= 4 is 44.7 Å². The zero-order valence-corrected chi connectivity index (χ0v) is 21.0. The summed E-state index contributed by atoms with van der Waals surface area (Å²) in [5.74, 6) is 1.34. The fourth-order valence-electron chi connectivity index (χ4n) is 3.54. The largest absolute Gasteiger partial charge is 0.497 e. The number of fused-ring (bicyclic) bond motifs is 1. The molecule has 0 aliphatic rings. The molecule has 0 amide bonds. The third-order valence-electron chi connectivity index (χ3n) is 5.29. The van der Waals surface area contributed by atoms with Crippen molar-refractivity contribution in [3.8, 4) is 5.75 Å². The van der Waals surface area contributed by atoms with Crippen molar-refractivity contribution in [3.05, 3.63) is 87.9 Å².